The fourth-order valence-electron chi connectivity index (χ4n) is 2.71. The number of aromatic amines is 1. The molecule has 3 rings (SSSR count). The predicted molar refractivity (Wildman–Crippen MR) is 104 cm³/mol. The highest BCUT2D eigenvalue weighted by Gasteiger charge is 2.22. The molecule has 2 N–H and O–H groups in total. The van der Waals surface area contributed by atoms with Crippen LogP contribution in [0.2, 0.25) is 0 Å². The molecule has 146 valence electrons. The normalized spacial score (nSPS) is 10.6. The molecule has 2 amide bonds. The van der Waals surface area contributed by atoms with Gasteiger partial charge in [-0.3, -0.25) is 19.4 Å². The van der Waals surface area contributed by atoms with Gasteiger partial charge in [-0.05, 0) is 25.1 Å². The van der Waals surface area contributed by atoms with Crippen molar-refractivity contribution in [1.82, 2.24) is 24.9 Å². The summed E-state index contributed by atoms with van der Waals surface area (Å²) in [4.78, 5) is 26.6. The van der Waals surface area contributed by atoms with Crippen LogP contribution in [0.3, 0.4) is 0 Å². The number of anilines is 1. The van der Waals surface area contributed by atoms with E-state index in [-0.39, 0.29) is 11.6 Å². The summed E-state index contributed by atoms with van der Waals surface area (Å²) >= 11 is 0. The number of hydrogen-bond donors (Lipinski definition) is 2. The van der Waals surface area contributed by atoms with E-state index in [1.807, 2.05) is 31.2 Å². The summed E-state index contributed by atoms with van der Waals surface area (Å²) in [6.07, 6.45) is 1.47. The second-order valence-corrected chi connectivity index (χ2v) is 6.28. The van der Waals surface area contributed by atoms with Crippen LogP contribution in [0.15, 0.2) is 36.5 Å². The molecule has 0 aliphatic heterocycles. The van der Waals surface area contributed by atoms with Crippen LogP contribution in [0.5, 0.6) is 5.75 Å². The standard InChI is InChI=1S/C19H22N6O3/c1-5-25-17(19(27)24(2)3)16(11-20-25)21-18(26)15-10-14(22-23-15)12-7-6-8-13(9-12)28-4/h6-11H,5H2,1-4H3,(H,21,26)(H,22,23). The number of carbonyl (C=O) groups excluding carboxylic acids is 2. The Morgan fingerprint density at radius 2 is 2.07 bits per heavy atom. The van der Waals surface area contributed by atoms with Crippen LogP contribution in [-0.4, -0.2) is 57.9 Å². The van der Waals surface area contributed by atoms with Crippen LogP contribution in [0.25, 0.3) is 11.3 Å². The minimum atomic E-state index is -0.412. The smallest absolute Gasteiger partial charge is 0.273 e. The first-order valence-electron chi connectivity index (χ1n) is 8.73. The molecule has 0 aliphatic carbocycles. The average molecular weight is 382 g/mol. The number of nitrogens with zero attached hydrogens (tertiary/aromatic N) is 4. The lowest BCUT2D eigenvalue weighted by Crippen LogP contribution is -2.26. The van der Waals surface area contributed by atoms with Gasteiger partial charge in [0.1, 0.15) is 17.1 Å². The van der Waals surface area contributed by atoms with E-state index < -0.39 is 5.91 Å². The van der Waals surface area contributed by atoms with Crippen LogP contribution in [0, 0.1) is 0 Å². The number of hydrogen-bond acceptors (Lipinski definition) is 5. The first-order chi connectivity index (χ1) is 13.4. The van der Waals surface area contributed by atoms with Crippen molar-refractivity contribution in [3.8, 4) is 17.0 Å². The van der Waals surface area contributed by atoms with Crippen LogP contribution < -0.4 is 10.1 Å². The van der Waals surface area contributed by atoms with Gasteiger partial charge in [0.2, 0.25) is 0 Å². The van der Waals surface area contributed by atoms with Gasteiger partial charge in [0.25, 0.3) is 11.8 Å². The predicted octanol–water partition coefficient (Wildman–Crippen LogP) is 2.26. The molecule has 0 saturated heterocycles. The SMILES string of the molecule is CCn1ncc(NC(=O)c2cc(-c3cccc(OC)c3)n[nH]2)c1C(=O)N(C)C. The average Bonchev–Trinajstić information content (AvgIpc) is 3.34. The third-order valence-corrected chi connectivity index (χ3v) is 4.18. The number of aryl methyl sites for hydroxylation is 1. The molecule has 0 fully saturated rings. The molecule has 0 saturated carbocycles. The number of benzene rings is 1. The molecule has 0 spiro atoms. The third kappa shape index (κ3) is 3.73. The Morgan fingerprint density at radius 3 is 2.75 bits per heavy atom. The molecule has 0 bridgehead atoms. The van der Waals surface area contributed by atoms with E-state index in [0.717, 1.165) is 5.56 Å². The Kier molecular flexibility index (Phi) is 5.44. The number of methoxy groups -OCH3 is 1. The molecule has 0 atom stereocenters. The number of rotatable bonds is 6. The summed E-state index contributed by atoms with van der Waals surface area (Å²) in [5.74, 6) is 0.0479. The molecule has 0 unspecified atom stereocenters. The Labute approximate surface area is 162 Å². The molecule has 2 aromatic heterocycles. The van der Waals surface area contributed by atoms with Crippen molar-refractivity contribution in [2.45, 2.75) is 13.5 Å². The van der Waals surface area contributed by atoms with E-state index in [2.05, 4.69) is 20.6 Å². The zero-order valence-corrected chi connectivity index (χ0v) is 16.2. The van der Waals surface area contributed by atoms with Gasteiger partial charge < -0.3 is 15.0 Å². The molecule has 2 heterocycles. The van der Waals surface area contributed by atoms with E-state index in [9.17, 15) is 9.59 Å². The lowest BCUT2D eigenvalue weighted by atomic mass is 10.1. The first-order valence-corrected chi connectivity index (χ1v) is 8.73. The van der Waals surface area contributed by atoms with Crippen molar-refractivity contribution >= 4 is 17.5 Å². The fourth-order valence-corrected chi connectivity index (χ4v) is 2.71. The zero-order chi connectivity index (χ0) is 20.3. The van der Waals surface area contributed by atoms with Gasteiger partial charge in [-0.25, -0.2) is 0 Å². The molecule has 3 aromatic rings. The number of nitrogens with one attached hydrogen (secondary N) is 2. The first kappa shape index (κ1) is 19.2. The fraction of sp³-hybridized carbons (Fsp3) is 0.263. The van der Waals surface area contributed by atoms with Gasteiger partial charge in [0, 0.05) is 26.2 Å². The highest BCUT2D eigenvalue weighted by molar-refractivity contribution is 6.07. The van der Waals surface area contributed by atoms with E-state index in [1.165, 1.54) is 11.1 Å². The Morgan fingerprint density at radius 1 is 1.29 bits per heavy atom. The maximum atomic E-state index is 12.7. The van der Waals surface area contributed by atoms with Crippen molar-refractivity contribution in [3.05, 3.63) is 47.9 Å². The Hall–Kier alpha value is -3.62. The van der Waals surface area contributed by atoms with Gasteiger partial charge in [0.05, 0.1) is 24.7 Å². The zero-order valence-electron chi connectivity index (χ0n) is 16.2. The number of ether oxygens (including phenoxy) is 1. The summed E-state index contributed by atoms with van der Waals surface area (Å²) in [6.45, 7) is 2.38. The summed E-state index contributed by atoms with van der Waals surface area (Å²) < 4.78 is 6.76. The second-order valence-electron chi connectivity index (χ2n) is 6.28. The highest BCUT2D eigenvalue weighted by atomic mass is 16.5. The summed E-state index contributed by atoms with van der Waals surface area (Å²) in [7, 11) is 4.89. The number of amides is 2. The van der Waals surface area contributed by atoms with Gasteiger partial charge in [-0.15, -0.1) is 0 Å². The van der Waals surface area contributed by atoms with Crippen molar-refractivity contribution in [2.24, 2.45) is 0 Å². The molecule has 9 nitrogen and oxygen atoms in total. The van der Waals surface area contributed by atoms with Crippen LogP contribution in [0.4, 0.5) is 5.69 Å². The Balaban J connectivity index is 1.84. The van der Waals surface area contributed by atoms with Gasteiger partial charge in [-0.2, -0.15) is 10.2 Å². The van der Waals surface area contributed by atoms with E-state index >= 15 is 0 Å². The summed E-state index contributed by atoms with van der Waals surface area (Å²) in [6, 6.07) is 9.03. The number of aromatic nitrogens is 4. The number of carbonyl (C=O) groups is 2. The maximum absolute atomic E-state index is 12.7. The monoisotopic (exact) mass is 382 g/mol. The molecule has 0 radical (unpaired) electrons. The molecule has 9 heteroatoms. The van der Waals surface area contributed by atoms with E-state index in [4.69, 9.17) is 4.74 Å². The second kappa shape index (κ2) is 7.95. The molecular formula is C19H22N6O3. The van der Waals surface area contributed by atoms with Crippen molar-refractivity contribution < 1.29 is 14.3 Å². The minimum Gasteiger partial charge on any atom is -0.497 e. The van der Waals surface area contributed by atoms with Crippen molar-refractivity contribution in [3.63, 3.8) is 0 Å². The molecule has 1 aromatic carbocycles. The lowest BCUT2D eigenvalue weighted by molar-refractivity contribution is 0.0816. The third-order valence-electron chi connectivity index (χ3n) is 4.18. The lowest BCUT2D eigenvalue weighted by Gasteiger charge is -2.13. The van der Waals surface area contributed by atoms with E-state index in [0.29, 0.717) is 29.4 Å². The Bertz CT molecular complexity index is 1000. The summed E-state index contributed by atoms with van der Waals surface area (Å²) in [5.41, 5.74) is 2.37. The molecule has 0 aliphatic rings. The van der Waals surface area contributed by atoms with Crippen molar-refractivity contribution in [1.29, 1.82) is 0 Å². The summed E-state index contributed by atoms with van der Waals surface area (Å²) in [5, 5.41) is 13.8. The minimum absolute atomic E-state index is 0.240. The topological polar surface area (TPSA) is 105 Å². The largest absolute Gasteiger partial charge is 0.497 e. The van der Waals surface area contributed by atoms with Gasteiger partial charge in [0.15, 0.2) is 0 Å². The van der Waals surface area contributed by atoms with Crippen LogP contribution in [-0.2, 0) is 6.54 Å². The van der Waals surface area contributed by atoms with Crippen molar-refractivity contribution in [2.75, 3.05) is 26.5 Å². The van der Waals surface area contributed by atoms with Crippen LogP contribution >= 0.6 is 0 Å². The molecule has 28 heavy (non-hydrogen) atoms. The quantitative estimate of drug-likeness (QED) is 0.680. The highest BCUT2D eigenvalue weighted by Crippen LogP contribution is 2.23. The van der Waals surface area contributed by atoms with Gasteiger partial charge in [-0.1, -0.05) is 12.1 Å². The van der Waals surface area contributed by atoms with Gasteiger partial charge >= 0.3 is 0 Å². The number of H-pyrrole nitrogens is 1. The van der Waals surface area contributed by atoms with E-state index in [1.54, 1.807) is 32.0 Å². The van der Waals surface area contributed by atoms with Crippen LogP contribution in [0.1, 0.15) is 27.9 Å². The maximum Gasteiger partial charge on any atom is 0.273 e. The molecular weight excluding hydrogens is 360 g/mol.